The Labute approximate surface area is 105 Å². The third kappa shape index (κ3) is 3.01. The summed E-state index contributed by atoms with van der Waals surface area (Å²) in [5.74, 6) is 1.12. The number of hydrogen-bond donors (Lipinski definition) is 3. The van der Waals surface area contributed by atoms with Crippen molar-refractivity contribution in [1.29, 1.82) is 0 Å². The Morgan fingerprint density at radius 3 is 2.82 bits per heavy atom. The van der Waals surface area contributed by atoms with Crippen LogP contribution in [0.15, 0.2) is 0 Å². The Morgan fingerprint density at radius 2 is 2.18 bits per heavy atom. The normalized spacial score (nSPS) is 24.6. The molecule has 0 atom stereocenters. The monoisotopic (exact) mass is 257 g/mol. The zero-order valence-corrected chi connectivity index (χ0v) is 10.8. The molecule has 6 heteroatoms. The third-order valence-corrected chi connectivity index (χ3v) is 3.77. The number of nitrogens with zero attached hydrogens (tertiary/aromatic N) is 1. The van der Waals surface area contributed by atoms with Crippen molar-refractivity contribution in [3.05, 3.63) is 0 Å². The average molecular weight is 257 g/mol. The number of aromatic nitrogens is 1. The highest BCUT2D eigenvalue weighted by Crippen LogP contribution is 2.36. The lowest BCUT2D eigenvalue weighted by molar-refractivity contribution is 0.126. The predicted octanol–water partition coefficient (Wildman–Crippen LogP) is 1.84. The molecular weight excluding hydrogens is 238 g/mol. The van der Waals surface area contributed by atoms with Gasteiger partial charge in [0.1, 0.15) is 0 Å². The van der Waals surface area contributed by atoms with E-state index in [-0.39, 0.29) is 6.10 Å². The van der Waals surface area contributed by atoms with E-state index in [1.165, 1.54) is 11.5 Å². The minimum Gasteiger partial charge on any atom is -0.487 e. The van der Waals surface area contributed by atoms with E-state index in [0.717, 1.165) is 30.7 Å². The highest BCUT2D eigenvalue weighted by Gasteiger charge is 2.22. The molecule has 0 aromatic carbocycles. The molecule has 0 unspecified atom stereocenters. The zero-order valence-electron chi connectivity index (χ0n) is 9.98. The van der Waals surface area contributed by atoms with Gasteiger partial charge in [0.05, 0.1) is 12.7 Å². The maximum absolute atomic E-state index is 9.45. The number of nitrogens with one attached hydrogen (secondary N) is 1. The summed E-state index contributed by atoms with van der Waals surface area (Å²) >= 11 is 1.34. The Hall–Kier alpha value is -1.01. The van der Waals surface area contributed by atoms with Crippen LogP contribution in [0.5, 0.6) is 5.75 Å². The molecule has 1 aromatic rings. The maximum Gasteiger partial charge on any atom is 0.197 e. The van der Waals surface area contributed by atoms with E-state index in [1.807, 2.05) is 6.92 Å². The summed E-state index contributed by atoms with van der Waals surface area (Å²) in [6, 6.07) is 0.387. The largest absolute Gasteiger partial charge is 0.487 e. The molecule has 1 aliphatic rings. The van der Waals surface area contributed by atoms with Crippen molar-refractivity contribution in [3.63, 3.8) is 0 Å². The number of anilines is 2. The maximum atomic E-state index is 9.45. The van der Waals surface area contributed by atoms with Crippen molar-refractivity contribution in [3.8, 4) is 5.75 Å². The van der Waals surface area contributed by atoms with Gasteiger partial charge in [0.2, 0.25) is 0 Å². The lowest BCUT2D eigenvalue weighted by Crippen LogP contribution is -2.28. The van der Waals surface area contributed by atoms with Crippen molar-refractivity contribution >= 4 is 22.4 Å². The number of ether oxygens (including phenoxy) is 1. The van der Waals surface area contributed by atoms with E-state index in [4.69, 9.17) is 10.5 Å². The summed E-state index contributed by atoms with van der Waals surface area (Å²) in [4.78, 5) is 0. The van der Waals surface area contributed by atoms with Crippen LogP contribution in [0.25, 0.3) is 0 Å². The molecule has 1 aromatic heterocycles. The zero-order chi connectivity index (χ0) is 12.3. The van der Waals surface area contributed by atoms with Gasteiger partial charge in [-0.25, -0.2) is 0 Å². The van der Waals surface area contributed by atoms with Gasteiger partial charge in [0.25, 0.3) is 0 Å². The van der Waals surface area contributed by atoms with Crippen LogP contribution in [0.2, 0.25) is 0 Å². The fraction of sp³-hybridized carbons (Fsp3) is 0.727. The summed E-state index contributed by atoms with van der Waals surface area (Å²) < 4.78 is 9.58. The van der Waals surface area contributed by atoms with Gasteiger partial charge < -0.3 is 20.9 Å². The summed E-state index contributed by atoms with van der Waals surface area (Å²) in [7, 11) is 0. The van der Waals surface area contributed by atoms with Gasteiger partial charge in [-0.1, -0.05) is 0 Å². The van der Waals surface area contributed by atoms with Crippen molar-refractivity contribution in [2.45, 2.75) is 44.8 Å². The number of rotatable bonds is 4. The first-order chi connectivity index (χ1) is 8.20. The van der Waals surface area contributed by atoms with Crippen LogP contribution in [0, 0.1) is 0 Å². The molecule has 2 rings (SSSR count). The van der Waals surface area contributed by atoms with E-state index in [9.17, 15) is 5.11 Å². The Kier molecular flexibility index (Phi) is 4.06. The first-order valence-electron chi connectivity index (χ1n) is 6.03. The highest BCUT2D eigenvalue weighted by molar-refractivity contribution is 7.11. The van der Waals surface area contributed by atoms with Gasteiger partial charge >= 0.3 is 0 Å². The Bertz CT molecular complexity index is 362. The summed E-state index contributed by atoms with van der Waals surface area (Å²) in [6.45, 7) is 2.51. The highest BCUT2D eigenvalue weighted by atomic mass is 32.1. The molecule has 1 aliphatic carbocycles. The molecule has 1 heterocycles. The quantitative estimate of drug-likeness (QED) is 0.767. The van der Waals surface area contributed by atoms with Gasteiger partial charge in [-0.15, -0.1) is 0 Å². The second-order valence-corrected chi connectivity index (χ2v) is 5.08. The van der Waals surface area contributed by atoms with Crippen LogP contribution in [-0.2, 0) is 0 Å². The molecule has 0 aliphatic heterocycles. The van der Waals surface area contributed by atoms with Crippen LogP contribution in [-0.4, -0.2) is 28.2 Å². The summed E-state index contributed by atoms with van der Waals surface area (Å²) in [6.07, 6.45) is 3.53. The Morgan fingerprint density at radius 1 is 1.47 bits per heavy atom. The molecule has 17 heavy (non-hydrogen) atoms. The molecule has 1 fully saturated rings. The SMILES string of the molecule is CCOc1c(N)nsc1NC1CCC(O)CC1. The number of aliphatic hydroxyl groups excluding tert-OH is 1. The average Bonchev–Trinajstić information content (AvgIpc) is 2.65. The summed E-state index contributed by atoms with van der Waals surface area (Å²) in [5, 5.41) is 13.8. The molecule has 0 amide bonds. The first kappa shape index (κ1) is 12.4. The minimum absolute atomic E-state index is 0.133. The van der Waals surface area contributed by atoms with Crippen molar-refractivity contribution < 1.29 is 9.84 Å². The number of nitrogens with two attached hydrogens (primary N) is 1. The number of nitrogen functional groups attached to an aromatic ring is 1. The smallest absolute Gasteiger partial charge is 0.197 e. The molecular formula is C11H19N3O2S. The molecule has 0 saturated heterocycles. The topological polar surface area (TPSA) is 80.4 Å². The second-order valence-electron chi connectivity index (χ2n) is 4.31. The summed E-state index contributed by atoms with van der Waals surface area (Å²) in [5.41, 5.74) is 5.75. The van der Waals surface area contributed by atoms with Crippen molar-refractivity contribution in [2.24, 2.45) is 0 Å². The molecule has 96 valence electrons. The van der Waals surface area contributed by atoms with Gasteiger partial charge in [-0.05, 0) is 44.1 Å². The van der Waals surface area contributed by atoms with E-state index in [2.05, 4.69) is 9.69 Å². The van der Waals surface area contributed by atoms with Crippen LogP contribution in [0.4, 0.5) is 10.8 Å². The van der Waals surface area contributed by atoms with Gasteiger partial charge in [0.15, 0.2) is 16.6 Å². The van der Waals surface area contributed by atoms with Crippen LogP contribution in [0.1, 0.15) is 32.6 Å². The number of aliphatic hydroxyl groups is 1. The molecule has 0 bridgehead atoms. The predicted molar refractivity (Wildman–Crippen MR) is 69.6 cm³/mol. The fourth-order valence-corrected chi connectivity index (χ4v) is 2.81. The third-order valence-electron chi connectivity index (χ3n) is 2.99. The van der Waals surface area contributed by atoms with E-state index < -0.39 is 0 Å². The molecule has 4 N–H and O–H groups in total. The van der Waals surface area contributed by atoms with Crippen LogP contribution >= 0.6 is 11.5 Å². The second kappa shape index (κ2) is 5.55. The van der Waals surface area contributed by atoms with E-state index in [1.54, 1.807) is 0 Å². The van der Waals surface area contributed by atoms with E-state index in [0.29, 0.717) is 24.2 Å². The van der Waals surface area contributed by atoms with Crippen LogP contribution in [0.3, 0.4) is 0 Å². The van der Waals surface area contributed by atoms with E-state index >= 15 is 0 Å². The fourth-order valence-electron chi connectivity index (χ4n) is 2.08. The first-order valence-corrected chi connectivity index (χ1v) is 6.80. The Balaban J connectivity index is 1.98. The number of hydrogen-bond acceptors (Lipinski definition) is 6. The minimum atomic E-state index is -0.133. The van der Waals surface area contributed by atoms with Gasteiger partial charge in [-0.3, -0.25) is 0 Å². The van der Waals surface area contributed by atoms with Crippen molar-refractivity contribution in [1.82, 2.24) is 4.37 Å². The lowest BCUT2D eigenvalue weighted by Gasteiger charge is -2.26. The van der Waals surface area contributed by atoms with Crippen LogP contribution < -0.4 is 15.8 Å². The van der Waals surface area contributed by atoms with Crippen molar-refractivity contribution in [2.75, 3.05) is 17.7 Å². The molecule has 0 radical (unpaired) electrons. The van der Waals surface area contributed by atoms with Gasteiger partial charge in [-0.2, -0.15) is 4.37 Å². The molecule has 0 spiro atoms. The van der Waals surface area contributed by atoms with Gasteiger partial charge in [0, 0.05) is 6.04 Å². The standard InChI is InChI=1S/C11H19N3O2S/c1-2-16-9-10(12)14-17-11(9)13-7-3-5-8(15)6-4-7/h7-8,13,15H,2-6H2,1H3,(H2,12,14). The molecule has 1 saturated carbocycles. The lowest BCUT2D eigenvalue weighted by atomic mass is 9.93. The molecule has 5 nitrogen and oxygen atoms in total.